The first-order chi connectivity index (χ1) is 6.53. The molecule has 74 valence electrons. The molecule has 0 bridgehead atoms. The predicted molar refractivity (Wildman–Crippen MR) is 56.1 cm³/mol. The highest BCUT2D eigenvalue weighted by Crippen LogP contribution is 2.24. The molecular formula is C10H10BrFN2. The van der Waals surface area contributed by atoms with E-state index in [9.17, 15) is 4.39 Å². The fourth-order valence-electron chi connectivity index (χ4n) is 1.15. The van der Waals surface area contributed by atoms with Gasteiger partial charge in [0.25, 0.3) is 0 Å². The van der Waals surface area contributed by atoms with Crippen LogP contribution in [-0.4, -0.2) is 7.05 Å². The second-order valence-corrected chi connectivity index (χ2v) is 4.03. The number of hydrogen-bond acceptors (Lipinski definition) is 2. The average Bonchev–Trinajstić information content (AvgIpc) is 2.17. The van der Waals surface area contributed by atoms with Gasteiger partial charge in [0.05, 0.1) is 6.07 Å². The van der Waals surface area contributed by atoms with Crippen LogP contribution < -0.4 is 5.32 Å². The van der Waals surface area contributed by atoms with Crippen LogP contribution in [-0.2, 0) is 5.54 Å². The van der Waals surface area contributed by atoms with Crippen molar-refractivity contribution in [2.45, 2.75) is 12.5 Å². The van der Waals surface area contributed by atoms with Crippen molar-refractivity contribution >= 4 is 15.9 Å². The van der Waals surface area contributed by atoms with Crippen molar-refractivity contribution in [3.8, 4) is 6.07 Å². The van der Waals surface area contributed by atoms with Crippen molar-refractivity contribution in [3.63, 3.8) is 0 Å². The molecule has 1 aromatic carbocycles. The van der Waals surface area contributed by atoms with Gasteiger partial charge in [-0.25, -0.2) is 4.39 Å². The Balaban J connectivity index is 3.26. The summed E-state index contributed by atoms with van der Waals surface area (Å²) >= 11 is 3.16. The van der Waals surface area contributed by atoms with E-state index >= 15 is 0 Å². The van der Waals surface area contributed by atoms with Gasteiger partial charge in [0.1, 0.15) is 11.4 Å². The molecule has 0 saturated heterocycles. The Bertz CT molecular complexity index is 386. The molecule has 0 amide bonds. The third kappa shape index (κ3) is 1.94. The van der Waals surface area contributed by atoms with Crippen LogP contribution in [0.25, 0.3) is 0 Å². The lowest BCUT2D eigenvalue weighted by Crippen LogP contribution is -2.35. The highest BCUT2D eigenvalue weighted by atomic mass is 79.9. The largest absolute Gasteiger partial charge is 0.299 e. The second kappa shape index (κ2) is 4.07. The van der Waals surface area contributed by atoms with Crippen molar-refractivity contribution < 1.29 is 4.39 Å². The predicted octanol–water partition coefficient (Wildman–Crippen LogP) is 2.55. The Morgan fingerprint density at radius 1 is 1.57 bits per heavy atom. The van der Waals surface area contributed by atoms with Gasteiger partial charge >= 0.3 is 0 Å². The Hall–Kier alpha value is -0.920. The van der Waals surface area contributed by atoms with Crippen molar-refractivity contribution in [1.82, 2.24) is 5.32 Å². The summed E-state index contributed by atoms with van der Waals surface area (Å²) in [7, 11) is 1.63. The summed E-state index contributed by atoms with van der Waals surface area (Å²) in [6.07, 6.45) is 0. The first-order valence-corrected chi connectivity index (χ1v) is 4.88. The SMILES string of the molecule is CNC(C)(C#N)c1ccc(Br)cc1F. The molecule has 14 heavy (non-hydrogen) atoms. The van der Waals surface area contributed by atoms with Gasteiger partial charge in [0.2, 0.25) is 0 Å². The Morgan fingerprint density at radius 2 is 2.21 bits per heavy atom. The monoisotopic (exact) mass is 256 g/mol. The quantitative estimate of drug-likeness (QED) is 0.883. The van der Waals surface area contributed by atoms with Gasteiger partial charge in [0, 0.05) is 10.0 Å². The fraction of sp³-hybridized carbons (Fsp3) is 0.300. The molecule has 2 nitrogen and oxygen atoms in total. The molecule has 0 aliphatic carbocycles. The van der Waals surface area contributed by atoms with Gasteiger partial charge in [-0.15, -0.1) is 0 Å². The third-order valence-corrected chi connectivity index (χ3v) is 2.69. The van der Waals surface area contributed by atoms with Gasteiger partial charge in [-0.3, -0.25) is 5.32 Å². The van der Waals surface area contributed by atoms with E-state index in [0.29, 0.717) is 10.0 Å². The first-order valence-electron chi connectivity index (χ1n) is 4.09. The van der Waals surface area contributed by atoms with Crippen LogP contribution in [0.3, 0.4) is 0 Å². The number of rotatable bonds is 2. The van der Waals surface area contributed by atoms with E-state index in [2.05, 4.69) is 21.2 Å². The van der Waals surface area contributed by atoms with E-state index in [1.807, 2.05) is 6.07 Å². The number of nitrogens with one attached hydrogen (secondary N) is 1. The van der Waals surface area contributed by atoms with Gasteiger partial charge in [-0.1, -0.05) is 22.0 Å². The highest BCUT2D eigenvalue weighted by Gasteiger charge is 2.27. The standard InChI is InChI=1S/C10H10BrFN2/c1-10(6-13,14-2)8-4-3-7(11)5-9(8)12/h3-5,14H,1-2H3. The smallest absolute Gasteiger partial charge is 0.132 e. The first kappa shape index (κ1) is 11.2. The summed E-state index contributed by atoms with van der Waals surface area (Å²) in [5.74, 6) is -0.391. The Kier molecular flexibility index (Phi) is 3.25. The molecule has 0 aliphatic rings. The second-order valence-electron chi connectivity index (χ2n) is 3.11. The molecule has 0 aromatic heterocycles. The van der Waals surface area contributed by atoms with E-state index in [0.717, 1.165) is 0 Å². The van der Waals surface area contributed by atoms with Crippen molar-refractivity contribution in [2.75, 3.05) is 7.05 Å². The van der Waals surface area contributed by atoms with Crippen LogP contribution in [0.15, 0.2) is 22.7 Å². The number of halogens is 2. The minimum absolute atomic E-state index is 0.353. The summed E-state index contributed by atoms with van der Waals surface area (Å²) in [5.41, 5.74) is -0.629. The zero-order valence-electron chi connectivity index (χ0n) is 7.94. The lowest BCUT2D eigenvalue weighted by molar-refractivity contribution is 0.480. The van der Waals surface area contributed by atoms with Gasteiger partial charge < -0.3 is 0 Å². The maximum atomic E-state index is 13.5. The van der Waals surface area contributed by atoms with E-state index in [-0.39, 0.29) is 0 Å². The maximum Gasteiger partial charge on any atom is 0.132 e. The number of nitrogens with zero attached hydrogens (tertiary/aromatic N) is 1. The summed E-state index contributed by atoms with van der Waals surface area (Å²) in [4.78, 5) is 0. The molecule has 1 N–H and O–H groups in total. The molecule has 1 aromatic rings. The van der Waals surface area contributed by atoms with Gasteiger partial charge in [-0.05, 0) is 26.1 Å². The van der Waals surface area contributed by atoms with Crippen LogP contribution in [0.4, 0.5) is 4.39 Å². The van der Waals surface area contributed by atoms with Crippen LogP contribution >= 0.6 is 15.9 Å². The van der Waals surface area contributed by atoms with E-state index < -0.39 is 11.4 Å². The lowest BCUT2D eigenvalue weighted by Gasteiger charge is -2.21. The summed E-state index contributed by atoms with van der Waals surface area (Å²) < 4.78 is 14.2. The maximum absolute atomic E-state index is 13.5. The number of hydrogen-bond donors (Lipinski definition) is 1. The molecule has 0 radical (unpaired) electrons. The Labute approximate surface area is 90.9 Å². The topological polar surface area (TPSA) is 35.8 Å². The molecule has 0 heterocycles. The minimum Gasteiger partial charge on any atom is -0.299 e. The van der Waals surface area contributed by atoms with E-state index in [1.165, 1.54) is 6.07 Å². The molecule has 0 saturated carbocycles. The molecule has 0 spiro atoms. The molecule has 1 unspecified atom stereocenters. The molecule has 1 atom stereocenters. The number of benzene rings is 1. The summed E-state index contributed by atoms with van der Waals surface area (Å²) in [6, 6.07) is 6.70. The average molecular weight is 257 g/mol. The third-order valence-electron chi connectivity index (χ3n) is 2.19. The summed E-state index contributed by atoms with van der Waals surface area (Å²) in [5, 5.41) is 11.7. The summed E-state index contributed by atoms with van der Waals surface area (Å²) in [6.45, 7) is 1.64. The van der Waals surface area contributed by atoms with Crippen molar-refractivity contribution in [1.29, 1.82) is 5.26 Å². The van der Waals surface area contributed by atoms with Gasteiger partial charge in [0.15, 0.2) is 0 Å². The number of nitriles is 1. The molecular weight excluding hydrogens is 247 g/mol. The van der Waals surface area contributed by atoms with E-state index in [1.54, 1.807) is 26.1 Å². The van der Waals surface area contributed by atoms with E-state index in [4.69, 9.17) is 5.26 Å². The van der Waals surface area contributed by atoms with Gasteiger partial charge in [-0.2, -0.15) is 5.26 Å². The minimum atomic E-state index is -0.981. The van der Waals surface area contributed by atoms with Crippen molar-refractivity contribution in [3.05, 3.63) is 34.1 Å². The fourth-order valence-corrected chi connectivity index (χ4v) is 1.48. The molecule has 0 aliphatic heterocycles. The van der Waals surface area contributed by atoms with Crippen molar-refractivity contribution in [2.24, 2.45) is 0 Å². The van der Waals surface area contributed by atoms with Crippen LogP contribution in [0.1, 0.15) is 12.5 Å². The molecule has 1 rings (SSSR count). The molecule has 4 heteroatoms. The zero-order chi connectivity index (χ0) is 10.8. The normalized spacial score (nSPS) is 14.5. The van der Waals surface area contributed by atoms with Crippen LogP contribution in [0.2, 0.25) is 0 Å². The van der Waals surface area contributed by atoms with Crippen LogP contribution in [0, 0.1) is 17.1 Å². The zero-order valence-corrected chi connectivity index (χ0v) is 9.52. The lowest BCUT2D eigenvalue weighted by atomic mass is 9.93. The van der Waals surface area contributed by atoms with Crippen LogP contribution in [0.5, 0.6) is 0 Å². The molecule has 0 fully saturated rings. The Morgan fingerprint density at radius 3 is 2.64 bits per heavy atom. The highest BCUT2D eigenvalue weighted by molar-refractivity contribution is 9.10.